The van der Waals surface area contributed by atoms with Crippen molar-refractivity contribution in [2.24, 2.45) is 4.99 Å². The van der Waals surface area contributed by atoms with Crippen molar-refractivity contribution >= 4 is 17.8 Å². The first-order chi connectivity index (χ1) is 3.41. The third-order valence-electron chi connectivity index (χ3n) is 0.460. The van der Waals surface area contributed by atoms with Crippen LogP contribution in [-0.4, -0.2) is 19.1 Å². The van der Waals surface area contributed by atoms with Crippen LogP contribution in [0.5, 0.6) is 0 Å². The van der Waals surface area contributed by atoms with E-state index in [2.05, 4.69) is 4.99 Å². The van der Waals surface area contributed by atoms with Crippen LogP contribution in [0.25, 0.3) is 0 Å². The molecule has 0 radical (unpaired) electrons. The summed E-state index contributed by atoms with van der Waals surface area (Å²) in [4.78, 5) is 3.70. The predicted octanol–water partition coefficient (Wildman–Crippen LogP) is 1.48. The van der Waals surface area contributed by atoms with Gasteiger partial charge in [0.15, 0.2) is 0 Å². The first kappa shape index (κ1) is 6.70. The number of halogens is 1. The Balaban J connectivity index is 3.09. The minimum absolute atomic E-state index is 0.562. The molecule has 0 unspecified atom stereocenters. The van der Waals surface area contributed by atoms with Gasteiger partial charge in [-0.2, -0.15) is 0 Å². The summed E-state index contributed by atoms with van der Waals surface area (Å²) in [7, 11) is 1.72. The highest BCUT2D eigenvalue weighted by Gasteiger charge is 1.60. The summed E-state index contributed by atoms with van der Waals surface area (Å²) in [6.07, 6.45) is 5.34. The quantitative estimate of drug-likeness (QED) is 0.384. The molecule has 0 fully saturated rings. The molecular weight excluding hydrogens is 110 g/mol. The Morgan fingerprint density at radius 3 is 2.86 bits per heavy atom. The maximum atomic E-state index is 5.29. The summed E-state index contributed by atoms with van der Waals surface area (Å²) in [5, 5.41) is 0. The predicted molar refractivity (Wildman–Crippen MR) is 34.3 cm³/mol. The average molecular weight is 118 g/mol. The largest absolute Gasteiger partial charge is 0.297 e. The fourth-order valence-electron chi connectivity index (χ4n) is 0.198. The Labute approximate surface area is 48.7 Å². The number of aliphatic imine (C=N–C) groups is 1. The number of rotatable bonds is 2. The minimum Gasteiger partial charge on any atom is -0.297 e. The molecule has 0 saturated heterocycles. The number of alkyl halides is 1. The zero-order valence-corrected chi connectivity index (χ0v) is 5.02. The molecule has 0 aliphatic rings. The van der Waals surface area contributed by atoms with Crippen LogP contribution in [0.3, 0.4) is 0 Å². The second kappa shape index (κ2) is 5.70. The summed E-state index contributed by atoms with van der Waals surface area (Å²) in [5.41, 5.74) is 0. The van der Waals surface area contributed by atoms with Gasteiger partial charge in [-0.1, -0.05) is 6.08 Å². The van der Waals surface area contributed by atoms with Crippen molar-refractivity contribution in [2.75, 3.05) is 12.9 Å². The molecule has 0 aromatic carbocycles. The maximum Gasteiger partial charge on any atom is 0.0407 e. The van der Waals surface area contributed by atoms with E-state index in [4.69, 9.17) is 11.6 Å². The number of hydrogen-bond donors (Lipinski definition) is 0. The maximum absolute atomic E-state index is 5.29. The van der Waals surface area contributed by atoms with E-state index in [1.807, 2.05) is 12.2 Å². The second-order valence-corrected chi connectivity index (χ2v) is 1.30. The topological polar surface area (TPSA) is 12.4 Å². The summed E-state index contributed by atoms with van der Waals surface area (Å²) in [5.74, 6) is 0.562. The Hall–Kier alpha value is -0.300. The lowest BCUT2D eigenvalue weighted by molar-refractivity contribution is 1.47. The zero-order chi connectivity index (χ0) is 5.54. The molecule has 0 spiro atoms. The highest BCUT2D eigenvalue weighted by molar-refractivity contribution is 6.19. The molecule has 1 nitrogen and oxygen atoms in total. The van der Waals surface area contributed by atoms with Crippen molar-refractivity contribution in [3.63, 3.8) is 0 Å². The van der Waals surface area contributed by atoms with Crippen LogP contribution in [0.2, 0.25) is 0 Å². The third kappa shape index (κ3) is 5.70. The van der Waals surface area contributed by atoms with Gasteiger partial charge in [0.05, 0.1) is 0 Å². The molecule has 0 atom stereocenters. The van der Waals surface area contributed by atoms with Crippen molar-refractivity contribution < 1.29 is 0 Å². The van der Waals surface area contributed by atoms with Crippen molar-refractivity contribution in [3.8, 4) is 0 Å². The van der Waals surface area contributed by atoms with Gasteiger partial charge in [-0.25, -0.2) is 0 Å². The van der Waals surface area contributed by atoms with E-state index >= 15 is 0 Å². The van der Waals surface area contributed by atoms with Crippen LogP contribution in [-0.2, 0) is 0 Å². The molecule has 0 heterocycles. The molecule has 0 rings (SSSR count). The van der Waals surface area contributed by atoms with E-state index in [0.717, 1.165) is 0 Å². The summed E-state index contributed by atoms with van der Waals surface area (Å²) in [6, 6.07) is 0. The van der Waals surface area contributed by atoms with Crippen molar-refractivity contribution in [2.45, 2.75) is 0 Å². The van der Waals surface area contributed by atoms with E-state index < -0.39 is 0 Å². The van der Waals surface area contributed by atoms with Crippen LogP contribution in [0.15, 0.2) is 17.1 Å². The van der Waals surface area contributed by atoms with Crippen molar-refractivity contribution in [1.82, 2.24) is 0 Å². The molecule has 0 aliphatic carbocycles. The molecule has 0 saturated carbocycles. The third-order valence-corrected chi connectivity index (χ3v) is 0.638. The molecule has 0 aliphatic heterocycles. The van der Waals surface area contributed by atoms with Crippen molar-refractivity contribution in [3.05, 3.63) is 12.2 Å². The van der Waals surface area contributed by atoms with Crippen LogP contribution < -0.4 is 0 Å². The molecule has 40 valence electrons. The molecule has 0 aromatic rings. The molecule has 7 heavy (non-hydrogen) atoms. The van der Waals surface area contributed by atoms with Crippen molar-refractivity contribution in [1.29, 1.82) is 0 Å². The summed E-state index contributed by atoms with van der Waals surface area (Å²) < 4.78 is 0. The first-order valence-electron chi connectivity index (χ1n) is 2.05. The van der Waals surface area contributed by atoms with E-state index in [1.165, 1.54) is 0 Å². The Morgan fingerprint density at radius 1 is 1.71 bits per heavy atom. The SMILES string of the molecule is CN=C/C=C/CCl. The fourth-order valence-corrected chi connectivity index (χ4v) is 0.301. The number of nitrogens with zero attached hydrogens (tertiary/aromatic N) is 1. The molecule has 0 amide bonds. The number of hydrogen-bond acceptors (Lipinski definition) is 1. The summed E-state index contributed by atoms with van der Waals surface area (Å²) >= 11 is 5.29. The van der Waals surface area contributed by atoms with Gasteiger partial charge in [0.25, 0.3) is 0 Å². The highest BCUT2D eigenvalue weighted by Crippen LogP contribution is 1.73. The van der Waals surface area contributed by atoms with Gasteiger partial charge < -0.3 is 0 Å². The monoisotopic (exact) mass is 117 g/mol. The van der Waals surface area contributed by atoms with Gasteiger partial charge >= 0.3 is 0 Å². The van der Waals surface area contributed by atoms with Gasteiger partial charge in [0.1, 0.15) is 0 Å². The lowest BCUT2D eigenvalue weighted by Gasteiger charge is -1.68. The van der Waals surface area contributed by atoms with E-state index in [1.54, 1.807) is 13.3 Å². The second-order valence-electron chi connectivity index (χ2n) is 0.990. The van der Waals surface area contributed by atoms with Gasteiger partial charge in [0.2, 0.25) is 0 Å². The van der Waals surface area contributed by atoms with Crippen LogP contribution >= 0.6 is 11.6 Å². The molecule has 0 N–H and O–H groups in total. The lowest BCUT2D eigenvalue weighted by atomic mass is 10.6. The normalized spacial score (nSPS) is 11.7. The van der Waals surface area contributed by atoms with E-state index in [9.17, 15) is 0 Å². The standard InChI is InChI=1S/C5H8ClN/c1-7-5-3-2-4-6/h2-3,5H,4H2,1H3/b3-2+,7-5?. The van der Waals surface area contributed by atoms with Gasteiger partial charge in [-0.3, -0.25) is 4.99 Å². The van der Waals surface area contributed by atoms with E-state index in [0.29, 0.717) is 5.88 Å². The Morgan fingerprint density at radius 2 is 2.43 bits per heavy atom. The smallest absolute Gasteiger partial charge is 0.0407 e. The molecule has 0 bridgehead atoms. The molecule has 2 heteroatoms. The number of allylic oxidation sites excluding steroid dienone is 2. The van der Waals surface area contributed by atoms with Gasteiger partial charge in [-0.15, -0.1) is 11.6 Å². The van der Waals surface area contributed by atoms with Crippen LogP contribution in [0, 0.1) is 0 Å². The van der Waals surface area contributed by atoms with Gasteiger partial charge in [0, 0.05) is 19.1 Å². The summed E-state index contributed by atoms with van der Waals surface area (Å²) in [6.45, 7) is 0. The molecular formula is C5H8ClN. The van der Waals surface area contributed by atoms with Gasteiger partial charge in [-0.05, 0) is 6.08 Å². The lowest BCUT2D eigenvalue weighted by Crippen LogP contribution is -1.62. The minimum atomic E-state index is 0.562. The van der Waals surface area contributed by atoms with E-state index in [-0.39, 0.29) is 0 Å². The Kier molecular flexibility index (Phi) is 5.46. The molecule has 0 aromatic heterocycles. The Bertz CT molecular complexity index is 76.1. The fraction of sp³-hybridized carbons (Fsp3) is 0.400. The average Bonchev–Trinajstić information content (AvgIpc) is 1.69. The van der Waals surface area contributed by atoms with Crippen LogP contribution in [0.4, 0.5) is 0 Å². The zero-order valence-electron chi connectivity index (χ0n) is 4.26. The van der Waals surface area contributed by atoms with Crippen LogP contribution in [0.1, 0.15) is 0 Å². The highest BCUT2D eigenvalue weighted by atomic mass is 35.5. The first-order valence-corrected chi connectivity index (χ1v) is 2.58.